The van der Waals surface area contributed by atoms with Crippen molar-refractivity contribution in [2.45, 2.75) is 13.0 Å². The van der Waals surface area contributed by atoms with Gasteiger partial charge in [-0.1, -0.05) is 17.7 Å². The lowest BCUT2D eigenvalue weighted by molar-refractivity contribution is 0.0263. The lowest BCUT2D eigenvalue weighted by Gasteiger charge is -2.26. The molecule has 0 amide bonds. The van der Waals surface area contributed by atoms with Gasteiger partial charge in [0.2, 0.25) is 0 Å². The van der Waals surface area contributed by atoms with E-state index in [1.807, 2.05) is 19.1 Å². The highest BCUT2D eigenvalue weighted by atomic mass is 35.5. The molecule has 1 unspecified atom stereocenters. The second kappa shape index (κ2) is 5.04. The summed E-state index contributed by atoms with van der Waals surface area (Å²) in [5.41, 5.74) is 2.00. The first-order valence-electron chi connectivity index (χ1n) is 5.39. The molecule has 1 aliphatic heterocycles. The SMILES string of the molecule is COc1ccc(C)c(Cl)c1C1CNCCO1. The molecule has 0 aliphatic carbocycles. The molecule has 4 heteroatoms. The first-order valence-corrected chi connectivity index (χ1v) is 5.77. The highest BCUT2D eigenvalue weighted by molar-refractivity contribution is 6.32. The Hall–Kier alpha value is -0.770. The minimum atomic E-state index is -0.0175. The molecule has 0 spiro atoms. The number of ether oxygens (including phenoxy) is 2. The zero-order chi connectivity index (χ0) is 11.5. The molecule has 0 aromatic heterocycles. The smallest absolute Gasteiger partial charge is 0.126 e. The van der Waals surface area contributed by atoms with Crippen molar-refractivity contribution in [1.82, 2.24) is 5.32 Å². The average molecular weight is 242 g/mol. The van der Waals surface area contributed by atoms with Gasteiger partial charge >= 0.3 is 0 Å². The number of morpholine rings is 1. The molecule has 1 heterocycles. The maximum atomic E-state index is 6.32. The summed E-state index contributed by atoms with van der Waals surface area (Å²) in [6.45, 7) is 4.36. The minimum absolute atomic E-state index is 0.0175. The summed E-state index contributed by atoms with van der Waals surface area (Å²) in [7, 11) is 1.65. The van der Waals surface area contributed by atoms with Gasteiger partial charge in [0.05, 0.1) is 24.8 Å². The van der Waals surface area contributed by atoms with Crippen molar-refractivity contribution in [3.63, 3.8) is 0 Å². The van der Waals surface area contributed by atoms with Crippen molar-refractivity contribution in [3.05, 3.63) is 28.3 Å². The van der Waals surface area contributed by atoms with Crippen LogP contribution in [0.25, 0.3) is 0 Å². The Kier molecular flexibility index (Phi) is 3.69. The predicted molar refractivity (Wildman–Crippen MR) is 64.3 cm³/mol. The van der Waals surface area contributed by atoms with Gasteiger partial charge in [0, 0.05) is 18.7 Å². The van der Waals surface area contributed by atoms with Crippen LogP contribution < -0.4 is 10.1 Å². The van der Waals surface area contributed by atoms with E-state index in [1.165, 1.54) is 0 Å². The van der Waals surface area contributed by atoms with E-state index in [1.54, 1.807) is 7.11 Å². The minimum Gasteiger partial charge on any atom is -0.496 e. The predicted octanol–water partition coefficient (Wildman–Crippen LogP) is 2.32. The van der Waals surface area contributed by atoms with E-state index < -0.39 is 0 Å². The quantitative estimate of drug-likeness (QED) is 0.862. The fourth-order valence-corrected chi connectivity index (χ4v) is 2.19. The van der Waals surface area contributed by atoms with Crippen LogP contribution in [0.5, 0.6) is 5.75 Å². The normalized spacial score (nSPS) is 20.8. The van der Waals surface area contributed by atoms with Crippen molar-refractivity contribution < 1.29 is 9.47 Å². The fraction of sp³-hybridized carbons (Fsp3) is 0.500. The van der Waals surface area contributed by atoms with E-state index in [0.29, 0.717) is 6.61 Å². The molecular formula is C12H16ClNO2. The van der Waals surface area contributed by atoms with Crippen LogP contribution in [0.4, 0.5) is 0 Å². The molecule has 3 nitrogen and oxygen atoms in total. The third-order valence-corrected chi connectivity index (χ3v) is 3.30. The Labute approximate surface area is 101 Å². The Balaban J connectivity index is 2.39. The van der Waals surface area contributed by atoms with Gasteiger partial charge in [-0.05, 0) is 18.6 Å². The number of nitrogens with one attached hydrogen (secondary N) is 1. The van der Waals surface area contributed by atoms with Gasteiger partial charge in [0.1, 0.15) is 5.75 Å². The van der Waals surface area contributed by atoms with Gasteiger partial charge in [-0.3, -0.25) is 0 Å². The van der Waals surface area contributed by atoms with E-state index >= 15 is 0 Å². The zero-order valence-electron chi connectivity index (χ0n) is 9.55. The number of halogens is 1. The van der Waals surface area contributed by atoms with E-state index in [0.717, 1.165) is 35.0 Å². The largest absolute Gasteiger partial charge is 0.496 e. The molecule has 1 aliphatic rings. The van der Waals surface area contributed by atoms with Crippen LogP contribution in [-0.2, 0) is 4.74 Å². The third-order valence-electron chi connectivity index (χ3n) is 2.80. The lowest BCUT2D eigenvalue weighted by Crippen LogP contribution is -2.33. The highest BCUT2D eigenvalue weighted by Gasteiger charge is 2.23. The summed E-state index contributed by atoms with van der Waals surface area (Å²) in [6.07, 6.45) is -0.0175. The molecule has 88 valence electrons. The van der Waals surface area contributed by atoms with Crippen LogP contribution in [0.2, 0.25) is 5.02 Å². The Morgan fingerprint density at radius 2 is 2.31 bits per heavy atom. The van der Waals surface area contributed by atoms with E-state index in [4.69, 9.17) is 21.1 Å². The second-order valence-corrected chi connectivity index (χ2v) is 4.25. The van der Waals surface area contributed by atoms with E-state index in [2.05, 4.69) is 5.32 Å². The molecule has 0 radical (unpaired) electrons. The van der Waals surface area contributed by atoms with Crippen LogP contribution in [0.3, 0.4) is 0 Å². The third kappa shape index (κ3) is 2.17. The monoisotopic (exact) mass is 241 g/mol. The molecule has 1 atom stereocenters. The fourth-order valence-electron chi connectivity index (χ4n) is 1.91. The Morgan fingerprint density at radius 1 is 1.50 bits per heavy atom. The topological polar surface area (TPSA) is 30.5 Å². The van der Waals surface area contributed by atoms with Crippen LogP contribution in [0.1, 0.15) is 17.2 Å². The number of hydrogen-bond donors (Lipinski definition) is 1. The molecule has 2 rings (SSSR count). The molecule has 0 saturated carbocycles. The lowest BCUT2D eigenvalue weighted by atomic mass is 10.0. The molecule has 1 aromatic carbocycles. The Bertz CT molecular complexity index is 376. The Morgan fingerprint density at radius 3 is 2.94 bits per heavy atom. The second-order valence-electron chi connectivity index (χ2n) is 3.88. The summed E-state index contributed by atoms with van der Waals surface area (Å²) in [5, 5.41) is 4.04. The van der Waals surface area contributed by atoms with Crippen LogP contribution in [0, 0.1) is 6.92 Å². The van der Waals surface area contributed by atoms with Gasteiger partial charge in [0.25, 0.3) is 0 Å². The van der Waals surface area contributed by atoms with Gasteiger partial charge in [-0.15, -0.1) is 0 Å². The standard InChI is InChI=1S/C12H16ClNO2/c1-8-3-4-9(15-2)11(12(8)13)10-7-14-5-6-16-10/h3-4,10,14H,5-7H2,1-2H3. The summed E-state index contributed by atoms with van der Waals surface area (Å²) in [5.74, 6) is 0.796. The highest BCUT2D eigenvalue weighted by Crippen LogP contribution is 2.36. The van der Waals surface area contributed by atoms with Crippen LogP contribution in [0.15, 0.2) is 12.1 Å². The number of aryl methyl sites for hydroxylation is 1. The maximum absolute atomic E-state index is 6.32. The van der Waals surface area contributed by atoms with Crippen LogP contribution in [-0.4, -0.2) is 26.8 Å². The van der Waals surface area contributed by atoms with Gasteiger partial charge in [0.15, 0.2) is 0 Å². The van der Waals surface area contributed by atoms with Crippen molar-refractivity contribution in [3.8, 4) is 5.75 Å². The van der Waals surface area contributed by atoms with Crippen molar-refractivity contribution in [2.75, 3.05) is 26.8 Å². The summed E-state index contributed by atoms with van der Waals surface area (Å²) in [4.78, 5) is 0. The van der Waals surface area contributed by atoms with Gasteiger partial charge < -0.3 is 14.8 Å². The first kappa shape index (κ1) is 11.7. The van der Waals surface area contributed by atoms with Crippen LogP contribution >= 0.6 is 11.6 Å². The van der Waals surface area contributed by atoms with E-state index in [-0.39, 0.29) is 6.10 Å². The number of rotatable bonds is 2. The molecule has 1 fully saturated rings. The van der Waals surface area contributed by atoms with Crippen molar-refractivity contribution in [2.24, 2.45) is 0 Å². The van der Waals surface area contributed by atoms with Crippen molar-refractivity contribution >= 4 is 11.6 Å². The number of methoxy groups -OCH3 is 1. The molecule has 1 N–H and O–H groups in total. The first-order chi connectivity index (χ1) is 7.74. The van der Waals surface area contributed by atoms with Gasteiger partial charge in [-0.25, -0.2) is 0 Å². The number of benzene rings is 1. The van der Waals surface area contributed by atoms with Gasteiger partial charge in [-0.2, -0.15) is 0 Å². The average Bonchev–Trinajstić information content (AvgIpc) is 2.33. The molecule has 0 bridgehead atoms. The summed E-state index contributed by atoms with van der Waals surface area (Å²) < 4.78 is 11.1. The molecule has 1 saturated heterocycles. The summed E-state index contributed by atoms with van der Waals surface area (Å²) >= 11 is 6.32. The molecular weight excluding hydrogens is 226 g/mol. The van der Waals surface area contributed by atoms with Crippen molar-refractivity contribution in [1.29, 1.82) is 0 Å². The molecule has 16 heavy (non-hydrogen) atoms. The number of hydrogen-bond acceptors (Lipinski definition) is 3. The maximum Gasteiger partial charge on any atom is 0.126 e. The molecule has 1 aromatic rings. The zero-order valence-corrected chi connectivity index (χ0v) is 10.3. The van der Waals surface area contributed by atoms with E-state index in [9.17, 15) is 0 Å². The summed E-state index contributed by atoms with van der Waals surface area (Å²) in [6, 6.07) is 3.90.